The standard InChI is InChI=1S/C11H19BFNO/c1-7-11(4,5)15-12(6)9(2)8-14-10(3)13/h8H,2-3,7H2,1,4-6H3. The molecule has 0 unspecified atom stereocenters. The molecule has 15 heavy (non-hydrogen) atoms. The molecule has 0 aromatic carbocycles. The molecule has 0 atom stereocenters. The van der Waals surface area contributed by atoms with Crippen LogP contribution in [0, 0.1) is 0 Å². The molecule has 0 rings (SSSR count). The van der Waals surface area contributed by atoms with Crippen molar-refractivity contribution in [3.8, 4) is 0 Å². The Labute approximate surface area is 92.0 Å². The van der Waals surface area contributed by atoms with E-state index in [2.05, 4.69) is 18.2 Å². The van der Waals surface area contributed by atoms with E-state index in [-0.39, 0.29) is 12.5 Å². The smallest absolute Gasteiger partial charge is 0.325 e. The summed E-state index contributed by atoms with van der Waals surface area (Å²) in [6, 6.07) is 0. The summed E-state index contributed by atoms with van der Waals surface area (Å²) >= 11 is 0. The Kier molecular flexibility index (Phi) is 5.51. The van der Waals surface area contributed by atoms with E-state index in [0.29, 0.717) is 5.47 Å². The highest BCUT2D eigenvalue weighted by atomic mass is 19.1. The fourth-order valence-corrected chi connectivity index (χ4v) is 0.895. The van der Waals surface area contributed by atoms with Crippen LogP contribution < -0.4 is 0 Å². The second-order valence-corrected chi connectivity index (χ2v) is 4.08. The molecule has 0 saturated carbocycles. The maximum Gasteiger partial charge on any atom is 0.325 e. The first-order valence-corrected chi connectivity index (χ1v) is 5.03. The minimum absolute atomic E-state index is 0.178. The molecule has 0 N–H and O–H groups in total. The van der Waals surface area contributed by atoms with E-state index >= 15 is 0 Å². The van der Waals surface area contributed by atoms with Crippen molar-refractivity contribution in [3.05, 3.63) is 24.6 Å². The molecule has 0 heterocycles. The molecule has 84 valence electrons. The molecule has 0 fully saturated rings. The van der Waals surface area contributed by atoms with Gasteiger partial charge in [-0.25, -0.2) is 4.99 Å². The van der Waals surface area contributed by atoms with Crippen LogP contribution in [0.15, 0.2) is 29.6 Å². The van der Waals surface area contributed by atoms with E-state index in [9.17, 15) is 4.39 Å². The summed E-state index contributed by atoms with van der Waals surface area (Å²) in [6.45, 7) is 14.5. The first-order valence-electron chi connectivity index (χ1n) is 5.03. The number of hydrogen-bond donors (Lipinski definition) is 0. The van der Waals surface area contributed by atoms with Gasteiger partial charge >= 0.3 is 6.92 Å². The quantitative estimate of drug-likeness (QED) is 0.374. The first kappa shape index (κ1) is 14.1. The second-order valence-electron chi connectivity index (χ2n) is 4.08. The lowest BCUT2D eigenvalue weighted by molar-refractivity contribution is 0.107. The average molecular weight is 211 g/mol. The molecule has 2 nitrogen and oxygen atoms in total. The molecule has 0 bridgehead atoms. The van der Waals surface area contributed by atoms with Crippen LogP contribution in [0.1, 0.15) is 27.2 Å². The van der Waals surface area contributed by atoms with Gasteiger partial charge in [0.05, 0.1) is 0 Å². The van der Waals surface area contributed by atoms with Gasteiger partial charge in [0.1, 0.15) is 0 Å². The Morgan fingerprint density at radius 2 is 2.07 bits per heavy atom. The summed E-state index contributed by atoms with van der Waals surface area (Å²) in [5.41, 5.74) is 0.429. The number of rotatable bonds is 6. The monoisotopic (exact) mass is 211 g/mol. The second kappa shape index (κ2) is 5.86. The number of halogens is 1. The fraction of sp³-hybridized carbons (Fsp3) is 0.545. The third-order valence-electron chi connectivity index (χ3n) is 2.24. The topological polar surface area (TPSA) is 21.6 Å². The molecular weight excluding hydrogens is 192 g/mol. The Bertz CT molecular complexity index is 274. The molecule has 0 aromatic rings. The van der Waals surface area contributed by atoms with Crippen LogP contribution in [-0.4, -0.2) is 18.7 Å². The third-order valence-corrected chi connectivity index (χ3v) is 2.24. The van der Waals surface area contributed by atoms with Gasteiger partial charge in [0.2, 0.25) is 5.95 Å². The summed E-state index contributed by atoms with van der Waals surface area (Å²) in [4.78, 5) is 3.44. The first-order chi connectivity index (χ1) is 6.78. The van der Waals surface area contributed by atoms with Crippen molar-refractivity contribution >= 4 is 13.1 Å². The van der Waals surface area contributed by atoms with Gasteiger partial charge in [-0.2, -0.15) is 4.39 Å². The van der Waals surface area contributed by atoms with Gasteiger partial charge in [0.25, 0.3) is 0 Å². The van der Waals surface area contributed by atoms with E-state index in [4.69, 9.17) is 4.65 Å². The summed E-state index contributed by atoms with van der Waals surface area (Å²) in [5.74, 6) is -0.724. The van der Waals surface area contributed by atoms with Gasteiger partial charge in [-0.1, -0.05) is 13.7 Å². The predicted molar refractivity (Wildman–Crippen MR) is 65.0 cm³/mol. The zero-order valence-electron chi connectivity index (χ0n) is 10.0. The van der Waals surface area contributed by atoms with Crippen LogP contribution in [0.25, 0.3) is 0 Å². The molecule has 0 saturated heterocycles. The highest BCUT2D eigenvalue weighted by Crippen LogP contribution is 2.16. The molecule has 0 amide bonds. The normalized spacial score (nSPS) is 11.8. The van der Waals surface area contributed by atoms with Gasteiger partial charge in [-0.05, 0) is 32.3 Å². The number of nitrogens with zero attached hydrogens (tertiary/aromatic N) is 1. The van der Waals surface area contributed by atoms with E-state index < -0.39 is 5.95 Å². The van der Waals surface area contributed by atoms with Crippen molar-refractivity contribution in [2.45, 2.75) is 39.6 Å². The highest BCUT2D eigenvalue weighted by Gasteiger charge is 2.22. The van der Waals surface area contributed by atoms with Crippen LogP contribution in [0.3, 0.4) is 0 Å². The summed E-state index contributed by atoms with van der Waals surface area (Å²) in [6.07, 6.45) is 2.25. The predicted octanol–water partition coefficient (Wildman–Crippen LogP) is 3.42. The molecule has 0 aliphatic rings. The maximum absolute atomic E-state index is 12.3. The van der Waals surface area contributed by atoms with Crippen LogP contribution in [0.4, 0.5) is 4.39 Å². The van der Waals surface area contributed by atoms with E-state index in [0.717, 1.165) is 6.42 Å². The minimum Gasteiger partial charge on any atom is -0.426 e. The Hall–Kier alpha value is -0.895. The summed E-state index contributed by atoms with van der Waals surface area (Å²) < 4.78 is 18.0. The van der Waals surface area contributed by atoms with Crippen molar-refractivity contribution in [3.63, 3.8) is 0 Å². The van der Waals surface area contributed by atoms with Gasteiger partial charge < -0.3 is 4.65 Å². The van der Waals surface area contributed by atoms with Crippen LogP contribution in [-0.2, 0) is 4.65 Å². The van der Waals surface area contributed by atoms with Crippen LogP contribution in [0.2, 0.25) is 6.82 Å². The lowest BCUT2D eigenvalue weighted by Gasteiger charge is -2.27. The van der Waals surface area contributed by atoms with Crippen molar-refractivity contribution in [1.82, 2.24) is 0 Å². The molecule has 4 heteroatoms. The Morgan fingerprint density at radius 1 is 1.53 bits per heavy atom. The zero-order chi connectivity index (χ0) is 12.1. The molecule has 0 spiro atoms. The zero-order valence-corrected chi connectivity index (χ0v) is 10.0. The molecule has 0 radical (unpaired) electrons. The van der Waals surface area contributed by atoms with Crippen molar-refractivity contribution in [1.29, 1.82) is 0 Å². The Balaban J connectivity index is 4.28. The number of allylic oxidation sites excluding steroid dienone is 1. The van der Waals surface area contributed by atoms with Gasteiger partial charge in [-0.3, -0.25) is 0 Å². The largest absolute Gasteiger partial charge is 0.426 e. The van der Waals surface area contributed by atoms with E-state index in [1.54, 1.807) is 0 Å². The maximum atomic E-state index is 12.3. The third kappa shape index (κ3) is 6.23. The number of aliphatic imine (C=N–C) groups is 1. The highest BCUT2D eigenvalue weighted by molar-refractivity contribution is 6.64. The molecule has 0 aliphatic heterocycles. The van der Waals surface area contributed by atoms with Crippen LogP contribution in [0.5, 0.6) is 0 Å². The Morgan fingerprint density at radius 3 is 2.47 bits per heavy atom. The summed E-state index contributed by atoms with van der Waals surface area (Å²) in [5, 5.41) is 0. The number of hydrogen-bond acceptors (Lipinski definition) is 2. The van der Waals surface area contributed by atoms with Crippen molar-refractivity contribution < 1.29 is 9.04 Å². The van der Waals surface area contributed by atoms with Gasteiger partial charge in [0.15, 0.2) is 0 Å². The van der Waals surface area contributed by atoms with Crippen molar-refractivity contribution in [2.24, 2.45) is 4.99 Å². The van der Waals surface area contributed by atoms with Gasteiger partial charge in [0, 0.05) is 11.8 Å². The fourth-order valence-electron chi connectivity index (χ4n) is 0.895. The molecule has 0 aliphatic carbocycles. The van der Waals surface area contributed by atoms with Crippen LogP contribution >= 0.6 is 0 Å². The lowest BCUT2D eigenvalue weighted by Crippen LogP contribution is -2.32. The molecular formula is C11H19BFNO. The average Bonchev–Trinajstić information content (AvgIpc) is 2.13. The van der Waals surface area contributed by atoms with Gasteiger partial charge in [-0.15, -0.1) is 6.58 Å². The lowest BCUT2D eigenvalue weighted by atomic mass is 9.63. The SMILES string of the molecule is C=C(F)N=CC(=C)B(C)OC(C)(C)CC. The van der Waals surface area contributed by atoms with E-state index in [1.807, 2.05) is 27.6 Å². The van der Waals surface area contributed by atoms with E-state index in [1.165, 1.54) is 6.21 Å². The molecule has 0 aromatic heterocycles. The minimum atomic E-state index is -0.724. The summed E-state index contributed by atoms with van der Waals surface area (Å²) in [7, 11) is 0. The van der Waals surface area contributed by atoms with Crippen molar-refractivity contribution in [2.75, 3.05) is 0 Å².